The number of carbonyl (C=O) groups is 1. The topological polar surface area (TPSA) is 191 Å². The zero-order chi connectivity index (χ0) is 29.7. The predicted octanol–water partition coefficient (Wildman–Crippen LogP) is 1.03. The van der Waals surface area contributed by atoms with Crippen LogP contribution in [0.4, 0.5) is 0 Å². The molecule has 41 heavy (non-hydrogen) atoms. The third-order valence-electron chi connectivity index (χ3n) is 7.34. The normalized spacial score (nSPS) is 25.2. The van der Waals surface area contributed by atoms with Crippen LogP contribution in [0, 0.1) is 5.92 Å². The summed E-state index contributed by atoms with van der Waals surface area (Å²) < 4.78 is 17.0. The number of carboxylic acids is 1. The summed E-state index contributed by atoms with van der Waals surface area (Å²) in [7, 11) is 1.87. The molecule has 7 N–H and O–H groups in total. The van der Waals surface area contributed by atoms with E-state index in [0.29, 0.717) is 18.0 Å². The van der Waals surface area contributed by atoms with Crippen molar-refractivity contribution in [2.24, 2.45) is 5.92 Å². The van der Waals surface area contributed by atoms with E-state index in [4.69, 9.17) is 13.9 Å². The molecule has 2 heterocycles. The number of aliphatic carboxylic acids is 1. The number of hydrogen-bond donors (Lipinski definition) is 7. The molecule has 1 aliphatic heterocycles. The monoisotopic (exact) mass is 572 g/mol. The zero-order valence-electron chi connectivity index (χ0n) is 22.8. The van der Waals surface area contributed by atoms with Gasteiger partial charge in [-0.3, -0.25) is 4.79 Å². The van der Waals surface area contributed by atoms with Crippen LogP contribution in [0.15, 0.2) is 57.9 Å². The molecule has 12 nitrogen and oxygen atoms in total. The Balaban J connectivity index is 1.56. The fraction of sp³-hybridized carbons (Fsp3) is 0.448. The number of phenols is 1. The molecule has 12 heteroatoms. The third kappa shape index (κ3) is 6.70. The molecule has 6 unspecified atom stereocenters. The van der Waals surface area contributed by atoms with E-state index in [2.05, 4.69) is 17.6 Å². The van der Waals surface area contributed by atoms with Gasteiger partial charge in [-0.15, -0.1) is 0 Å². The summed E-state index contributed by atoms with van der Waals surface area (Å²) in [4.78, 5) is 24.8. The van der Waals surface area contributed by atoms with Crippen LogP contribution in [0.1, 0.15) is 19.8 Å². The number of aliphatic hydroxyl groups is 3. The molecule has 6 atom stereocenters. The highest BCUT2D eigenvalue weighted by atomic mass is 16.7. The predicted molar refractivity (Wildman–Crippen MR) is 149 cm³/mol. The zero-order valence-corrected chi connectivity index (χ0v) is 22.8. The molecular weight excluding hydrogens is 536 g/mol. The second-order valence-corrected chi connectivity index (χ2v) is 10.4. The lowest BCUT2D eigenvalue weighted by molar-refractivity contribution is -0.311. The third-order valence-corrected chi connectivity index (χ3v) is 7.34. The quantitative estimate of drug-likeness (QED) is 0.153. The number of carboxylic acid groups (broad SMARTS) is 1. The summed E-state index contributed by atoms with van der Waals surface area (Å²) in [6, 6.07) is 10.3. The van der Waals surface area contributed by atoms with Gasteiger partial charge in [-0.25, -0.2) is 4.79 Å². The van der Waals surface area contributed by atoms with Gasteiger partial charge >= 0.3 is 5.97 Å². The molecule has 0 saturated carbocycles. The van der Waals surface area contributed by atoms with E-state index < -0.39 is 36.2 Å². The van der Waals surface area contributed by atoms with Gasteiger partial charge in [-0.05, 0) is 68.7 Å². The van der Waals surface area contributed by atoms with Crippen molar-refractivity contribution >= 4 is 16.9 Å². The van der Waals surface area contributed by atoms with Gasteiger partial charge in [-0.1, -0.05) is 19.1 Å². The fourth-order valence-corrected chi connectivity index (χ4v) is 4.77. The molecule has 1 aromatic heterocycles. The largest absolute Gasteiger partial charge is 0.508 e. The van der Waals surface area contributed by atoms with E-state index in [1.165, 1.54) is 36.6 Å². The first-order chi connectivity index (χ1) is 19.5. The maximum atomic E-state index is 13.1. The number of rotatable bonds is 12. The molecule has 0 spiro atoms. The van der Waals surface area contributed by atoms with Crippen LogP contribution in [0.3, 0.4) is 0 Å². The molecular formula is C29H36N2O10. The van der Waals surface area contributed by atoms with Crippen molar-refractivity contribution in [1.29, 1.82) is 0 Å². The van der Waals surface area contributed by atoms with Gasteiger partial charge in [0.05, 0.1) is 10.9 Å². The van der Waals surface area contributed by atoms with Gasteiger partial charge in [0.2, 0.25) is 6.29 Å². The van der Waals surface area contributed by atoms with Crippen LogP contribution in [0.5, 0.6) is 11.5 Å². The van der Waals surface area contributed by atoms with Gasteiger partial charge in [-0.2, -0.15) is 0 Å². The molecule has 4 rings (SSSR count). The van der Waals surface area contributed by atoms with Crippen molar-refractivity contribution in [1.82, 2.24) is 10.6 Å². The van der Waals surface area contributed by atoms with Gasteiger partial charge in [0.15, 0.2) is 17.1 Å². The van der Waals surface area contributed by atoms with E-state index in [9.17, 15) is 35.1 Å². The number of aliphatic hydroxyl groups excluding tert-OH is 2. The van der Waals surface area contributed by atoms with Crippen molar-refractivity contribution in [2.45, 2.75) is 50.0 Å². The van der Waals surface area contributed by atoms with E-state index in [0.717, 1.165) is 19.4 Å². The Morgan fingerprint density at radius 1 is 1.12 bits per heavy atom. The summed E-state index contributed by atoms with van der Waals surface area (Å²) >= 11 is 0. The number of hydrogen-bond acceptors (Lipinski definition) is 11. The summed E-state index contributed by atoms with van der Waals surface area (Å²) in [5, 5.41) is 58.1. The minimum atomic E-state index is -2.22. The minimum absolute atomic E-state index is 0.0580. The molecule has 0 amide bonds. The number of benzene rings is 2. The van der Waals surface area contributed by atoms with E-state index in [1.807, 2.05) is 7.05 Å². The lowest BCUT2D eigenvalue weighted by atomic mass is 9.86. The van der Waals surface area contributed by atoms with Crippen LogP contribution >= 0.6 is 0 Å². The Hall–Kier alpha value is -3.52. The molecule has 2 aromatic carbocycles. The molecule has 0 radical (unpaired) electrons. The summed E-state index contributed by atoms with van der Waals surface area (Å²) in [6.07, 6.45) is -4.38. The SMILES string of the molecule is CNCCC(C)CCNCC1(O)C(Oc2ccc3c(=O)c(-c4ccc(O)cc4)coc3c2)OC(C(=O)O)C(O)C1O. The van der Waals surface area contributed by atoms with Crippen molar-refractivity contribution < 1.29 is 44.2 Å². The first kappa shape index (κ1) is 30.4. The van der Waals surface area contributed by atoms with Crippen LogP contribution in [-0.2, 0) is 9.53 Å². The maximum absolute atomic E-state index is 13.1. The fourth-order valence-electron chi connectivity index (χ4n) is 4.77. The highest BCUT2D eigenvalue weighted by Crippen LogP contribution is 2.33. The van der Waals surface area contributed by atoms with E-state index in [1.54, 1.807) is 12.1 Å². The Morgan fingerprint density at radius 3 is 2.51 bits per heavy atom. The smallest absolute Gasteiger partial charge is 0.335 e. The summed E-state index contributed by atoms with van der Waals surface area (Å²) in [5.74, 6) is -1.03. The van der Waals surface area contributed by atoms with Crippen molar-refractivity contribution in [3.8, 4) is 22.6 Å². The average molecular weight is 573 g/mol. The number of aromatic hydroxyl groups is 1. The number of nitrogens with one attached hydrogen (secondary N) is 2. The molecule has 3 aromatic rings. The van der Waals surface area contributed by atoms with Crippen LogP contribution in [0.2, 0.25) is 0 Å². The van der Waals surface area contributed by atoms with E-state index >= 15 is 0 Å². The second-order valence-electron chi connectivity index (χ2n) is 10.4. The lowest BCUT2D eigenvalue weighted by Crippen LogP contribution is -2.71. The molecule has 222 valence electrons. The van der Waals surface area contributed by atoms with Gasteiger partial charge < -0.3 is 50.1 Å². The number of ether oxygens (including phenoxy) is 2. The van der Waals surface area contributed by atoms with Crippen LogP contribution in [0.25, 0.3) is 22.1 Å². The summed E-state index contributed by atoms with van der Waals surface area (Å²) in [5.41, 5.74) is -1.57. The average Bonchev–Trinajstić information content (AvgIpc) is 2.95. The molecule has 1 saturated heterocycles. The Kier molecular flexibility index (Phi) is 9.64. The van der Waals surface area contributed by atoms with Crippen LogP contribution < -0.4 is 20.8 Å². The Bertz CT molecular complexity index is 1390. The van der Waals surface area contributed by atoms with Gasteiger partial charge in [0.1, 0.15) is 35.6 Å². The van der Waals surface area contributed by atoms with Crippen molar-refractivity contribution in [3.05, 3.63) is 59.0 Å². The Labute approximate surface area is 236 Å². The summed E-state index contributed by atoms with van der Waals surface area (Å²) in [6.45, 7) is 3.17. The number of phenolic OH excluding ortho intramolecular Hbond substituents is 1. The molecule has 1 aliphatic rings. The molecule has 1 fully saturated rings. The van der Waals surface area contributed by atoms with Gasteiger partial charge in [0.25, 0.3) is 0 Å². The molecule has 0 bridgehead atoms. The maximum Gasteiger partial charge on any atom is 0.335 e. The highest BCUT2D eigenvalue weighted by Gasteiger charge is 2.58. The first-order valence-electron chi connectivity index (χ1n) is 13.4. The second kappa shape index (κ2) is 13.0. The van der Waals surface area contributed by atoms with Crippen molar-refractivity contribution in [2.75, 3.05) is 26.7 Å². The first-order valence-corrected chi connectivity index (χ1v) is 13.4. The van der Waals surface area contributed by atoms with Gasteiger partial charge in [0, 0.05) is 12.6 Å². The minimum Gasteiger partial charge on any atom is -0.508 e. The Morgan fingerprint density at radius 2 is 1.83 bits per heavy atom. The highest BCUT2D eigenvalue weighted by molar-refractivity contribution is 5.82. The van der Waals surface area contributed by atoms with Crippen molar-refractivity contribution in [3.63, 3.8) is 0 Å². The standard InChI is InChI=1S/C29H36N2O10/c1-16(9-11-30-2)10-12-31-15-29(38)26(35)24(34)25(27(36)37)41-28(29)40-19-7-8-20-22(13-19)39-14-21(23(20)33)17-3-5-18(32)6-4-17/h3-8,13-14,16,24-26,28,30-32,34-35,38H,9-12,15H2,1-2H3,(H,36,37). The number of fused-ring (bicyclic) bond motifs is 1. The van der Waals surface area contributed by atoms with Crippen LogP contribution in [-0.4, -0.2) is 88.4 Å². The lowest BCUT2D eigenvalue weighted by Gasteiger charge is -2.46. The van der Waals surface area contributed by atoms with E-state index in [-0.39, 0.29) is 40.0 Å². The molecule has 0 aliphatic carbocycles.